The van der Waals surface area contributed by atoms with E-state index < -0.39 is 0 Å². The van der Waals surface area contributed by atoms with Gasteiger partial charge in [-0.15, -0.1) is 0 Å². The molecule has 0 aromatic heterocycles. The molecule has 0 fully saturated rings. The first-order chi connectivity index (χ1) is 35.9. The number of nitrogens with zero attached hydrogens (tertiary/aromatic N) is 3. The quantitative estimate of drug-likeness (QED) is 0.134. The minimum Gasteiger partial charge on any atom is -0.376 e. The summed E-state index contributed by atoms with van der Waals surface area (Å²) in [5.74, 6) is 0. The second-order valence-electron chi connectivity index (χ2n) is 19.5. The molecule has 11 aromatic rings. The fourth-order valence-corrected chi connectivity index (χ4v) is 11.5. The molecule has 3 nitrogen and oxygen atoms in total. The molecule has 0 radical (unpaired) electrons. The number of anilines is 8. The van der Waals surface area contributed by atoms with E-state index in [-0.39, 0.29) is 6.85 Å². The van der Waals surface area contributed by atoms with Gasteiger partial charge in [-0.25, -0.2) is 0 Å². The number of para-hydroxylation sites is 2. The summed E-state index contributed by atoms with van der Waals surface area (Å²) < 4.78 is 0. The molecule has 0 N–H and O–H groups in total. The van der Waals surface area contributed by atoms with E-state index in [9.17, 15) is 0 Å². The van der Waals surface area contributed by atoms with E-state index in [1.54, 1.807) is 0 Å². The molecule has 0 saturated heterocycles. The van der Waals surface area contributed by atoms with Gasteiger partial charge in [-0.05, 0) is 184 Å². The smallest absolute Gasteiger partial charge is 0.333 e. The Kier molecular flexibility index (Phi) is 11.0. The zero-order chi connectivity index (χ0) is 49.0. The summed E-state index contributed by atoms with van der Waals surface area (Å²) in [5, 5.41) is 0. The summed E-state index contributed by atoms with van der Waals surface area (Å²) >= 11 is 0. The Morgan fingerprint density at radius 1 is 0.315 bits per heavy atom. The fraction of sp³-hybridized carbons (Fsp3) is 0.0435. The highest BCUT2D eigenvalue weighted by molar-refractivity contribution is 6.93. The molecule has 4 heteroatoms. The van der Waals surface area contributed by atoms with E-state index >= 15 is 0 Å². The highest BCUT2D eigenvalue weighted by Crippen LogP contribution is 2.51. The maximum atomic E-state index is 2.64. The van der Waals surface area contributed by atoms with Gasteiger partial charge >= 0.3 is 6.85 Å². The third kappa shape index (κ3) is 7.80. The van der Waals surface area contributed by atoms with Crippen molar-refractivity contribution in [2.75, 3.05) is 14.6 Å². The summed E-state index contributed by atoms with van der Waals surface area (Å²) in [6.07, 6.45) is 0. The number of aryl methyl sites for hydroxylation is 3. The normalized spacial score (nSPS) is 12.2. The first-order valence-electron chi connectivity index (χ1n) is 25.4. The number of rotatable bonds is 9. The lowest BCUT2D eigenvalue weighted by Crippen LogP contribution is -2.61. The molecule has 2 heterocycles. The maximum Gasteiger partial charge on any atom is 0.333 e. The van der Waals surface area contributed by atoms with Crippen LogP contribution in [0, 0.1) is 20.8 Å². The zero-order valence-electron chi connectivity index (χ0n) is 41.2. The lowest BCUT2D eigenvalue weighted by molar-refractivity contribution is 1.23. The third-order valence-electron chi connectivity index (χ3n) is 14.9. The Hall–Kier alpha value is -9.12. The summed E-state index contributed by atoms with van der Waals surface area (Å²) in [5.41, 5.74) is 27.3. The fourth-order valence-electron chi connectivity index (χ4n) is 11.5. The molecule has 2 aliphatic rings. The number of hydrogen-bond donors (Lipinski definition) is 0. The molecule has 0 aliphatic carbocycles. The van der Waals surface area contributed by atoms with Crippen molar-refractivity contribution in [1.29, 1.82) is 0 Å². The van der Waals surface area contributed by atoms with Crippen molar-refractivity contribution in [2.45, 2.75) is 20.8 Å². The van der Waals surface area contributed by atoms with E-state index in [0.717, 1.165) is 34.1 Å². The van der Waals surface area contributed by atoms with Gasteiger partial charge < -0.3 is 14.6 Å². The monoisotopic (exact) mass is 933 g/mol. The van der Waals surface area contributed by atoms with Crippen molar-refractivity contribution in [1.82, 2.24) is 0 Å². The van der Waals surface area contributed by atoms with Gasteiger partial charge in [-0.2, -0.15) is 0 Å². The van der Waals surface area contributed by atoms with Crippen LogP contribution in [0.2, 0.25) is 0 Å². The SMILES string of the molecule is Cc1ccc(-c2cc3c4c(c2)N(c2ccc(-c5ccccc5)cc2C)c2ccc(N(c5ccccc5)c5ccccc5)cc2B4N(c2cccc(-c4ccccc4)c2)c2ccc(-c4ccccc4)cc2-3)c(C)c1. The van der Waals surface area contributed by atoms with Crippen LogP contribution in [-0.2, 0) is 0 Å². The van der Waals surface area contributed by atoms with Crippen LogP contribution in [0.1, 0.15) is 16.7 Å². The summed E-state index contributed by atoms with van der Waals surface area (Å²) in [7, 11) is 0. The summed E-state index contributed by atoms with van der Waals surface area (Å²) in [4.78, 5) is 7.61. The summed E-state index contributed by atoms with van der Waals surface area (Å²) in [6, 6.07) is 96.3. The largest absolute Gasteiger partial charge is 0.376 e. The topological polar surface area (TPSA) is 9.72 Å². The zero-order valence-corrected chi connectivity index (χ0v) is 41.2. The van der Waals surface area contributed by atoms with Crippen LogP contribution in [0.5, 0.6) is 0 Å². The van der Waals surface area contributed by atoms with Gasteiger partial charge in [0.25, 0.3) is 0 Å². The first kappa shape index (κ1) is 43.9. The van der Waals surface area contributed by atoms with Gasteiger partial charge in [0, 0.05) is 51.1 Å². The Morgan fingerprint density at radius 2 is 0.849 bits per heavy atom. The molecule has 11 aromatic carbocycles. The van der Waals surface area contributed by atoms with Gasteiger partial charge in [0.15, 0.2) is 0 Å². The second kappa shape index (κ2) is 18.2. The van der Waals surface area contributed by atoms with Crippen molar-refractivity contribution < 1.29 is 0 Å². The standard InChI is InChI=1S/C69H52BN3/c1-47-32-36-61(48(2)40-47)56-44-63-62-43-55(52-24-13-6-14-25-52)34-38-66(62)73(60-31-19-26-53(42-60)50-20-9-4-10-21-50)70-64-46-59(71(57-27-15-7-16-28-57)58-29-17-8-18-30-58)35-39-67(64)72(68(45-56)69(63)70)65-37-33-54(41-49(65)3)51-22-11-5-12-23-51/h4-46H,1-3H3. The first-order valence-corrected chi connectivity index (χ1v) is 25.4. The molecule has 0 amide bonds. The maximum absolute atomic E-state index is 2.64. The molecule has 0 bridgehead atoms. The van der Waals surface area contributed by atoms with E-state index in [1.807, 2.05) is 0 Å². The van der Waals surface area contributed by atoms with Crippen molar-refractivity contribution >= 4 is 63.3 Å². The number of fused-ring (bicyclic) bond motifs is 4. The van der Waals surface area contributed by atoms with Crippen LogP contribution in [0.15, 0.2) is 261 Å². The molecule has 2 aliphatic heterocycles. The second-order valence-corrected chi connectivity index (χ2v) is 19.5. The lowest BCUT2D eigenvalue weighted by Gasteiger charge is -2.46. The van der Waals surface area contributed by atoms with E-state index in [2.05, 4.69) is 296 Å². The predicted molar refractivity (Wildman–Crippen MR) is 311 cm³/mol. The predicted octanol–water partition coefficient (Wildman–Crippen LogP) is 17.5. The average Bonchev–Trinajstić information content (AvgIpc) is 3.45. The molecular weight excluding hydrogens is 882 g/mol. The molecule has 0 saturated carbocycles. The van der Waals surface area contributed by atoms with Crippen molar-refractivity contribution in [2.24, 2.45) is 0 Å². The van der Waals surface area contributed by atoms with Crippen LogP contribution < -0.4 is 25.5 Å². The Bertz CT molecular complexity index is 3800. The molecule has 73 heavy (non-hydrogen) atoms. The molecule has 0 atom stereocenters. The molecule has 13 rings (SSSR count). The Morgan fingerprint density at radius 3 is 1.45 bits per heavy atom. The van der Waals surface area contributed by atoms with Gasteiger partial charge in [-0.3, -0.25) is 0 Å². The van der Waals surface area contributed by atoms with Crippen molar-refractivity contribution in [3.63, 3.8) is 0 Å². The minimum absolute atomic E-state index is 0.220. The van der Waals surface area contributed by atoms with E-state index in [1.165, 1.54) is 94.6 Å². The van der Waals surface area contributed by atoms with Crippen molar-refractivity contribution in [3.05, 3.63) is 278 Å². The molecule has 346 valence electrons. The molecule has 0 unspecified atom stereocenters. The highest BCUT2D eigenvalue weighted by atomic mass is 15.2. The lowest BCUT2D eigenvalue weighted by atomic mass is 9.43. The van der Waals surface area contributed by atoms with Gasteiger partial charge in [0.1, 0.15) is 0 Å². The van der Waals surface area contributed by atoms with Crippen LogP contribution in [0.25, 0.3) is 55.6 Å². The van der Waals surface area contributed by atoms with Gasteiger partial charge in [0.05, 0.1) is 0 Å². The highest BCUT2D eigenvalue weighted by Gasteiger charge is 2.46. The molecular formula is C69H52BN3. The van der Waals surface area contributed by atoms with E-state index in [4.69, 9.17) is 0 Å². The molecule has 0 spiro atoms. The van der Waals surface area contributed by atoms with Gasteiger partial charge in [-0.1, -0.05) is 175 Å². The van der Waals surface area contributed by atoms with E-state index in [0.29, 0.717) is 0 Å². The minimum atomic E-state index is -0.220. The average molecular weight is 934 g/mol. The Labute approximate surface area is 429 Å². The summed E-state index contributed by atoms with van der Waals surface area (Å²) in [6.45, 7) is 6.50. The van der Waals surface area contributed by atoms with Crippen LogP contribution in [0.3, 0.4) is 0 Å². The van der Waals surface area contributed by atoms with Crippen LogP contribution in [0.4, 0.5) is 45.5 Å². The third-order valence-corrected chi connectivity index (χ3v) is 14.9. The number of benzene rings is 11. The van der Waals surface area contributed by atoms with Crippen LogP contribution >= 0.6 is 0 Å². The van der Waals surface area contributed by atoms with Gasteiger partial charge in [0.2, 0.25) is 0 Å². The van der Waals surface area contributed by atoms with Crippen molar-refractivity contribution in [3.8, 4) is 55.6 Å². The Balaban J connectivity index is 1.14. The number of hydrogen-bond acceptors (Lipinski definition) is 3. The van der Waals surface area contributed by atoms with Crippen LogP contribution in [-0.4, -0.2) is 6.85 Å².